The molecular formula is C16H17N5O3. The van der Waals surface area contributed by atoms with Gasteiger partial charge in [-0.15, -0.1) is 0 Å². The van der Waals surface area contributed by atoms with Gasteiger partial charge in [0.2, 0.25) is 5.69 Å². The van der Waals surface area contributed by atoms with Crippen molar-refractivity contribution in [3.8, 4) is 0 Å². The largest absolute Gasteiger partial charge is 0.350 e. The van der Waals surface area contributed by atoms with Gasteiger partial charge < -0.3 is 9.88 Å². The Morgan fingerprint density at radius 1 is 1.38 bits per heavy atom. The predicted molar refractivity (Wildman–Crippen MR) is 90.2 cm³/mol. The molecule has 0 fully saturated rings. The first-order chi connectivity index (χ1) is 11.4. The van der Waals surface area contributed by atoms with Crippen molar-refractivity contribution in [2.75, 3.05) is 5.32 Å². The number of nitrogens with one attached hydrogen (secondary N) is 1. The van der Waals surface area contributed by atoms with Gasteiger partial charge in [0.25, 0.3) is 5.91 Å². The van der Waals surface area contributed by atoms with E-state index in [-0.39, 0.29) is 17.1 Å². The minimum Gasteiger partial charge on any atom is -0.350 e. The van der Waals surface area contributed by atoms with E-state index < -0.39 is 10.8 Å². The van der Waals surface area contributed by atoms with Crippen molar-refractivity contribution in [3.05, 3.63) is 52.0 Å². The van der Waals surface area contributed by atoms with E-state index in [0.717, 1.165) is 10.9 Å². The molecule has 8 nitrogen and oxygen atoms in total. The molecule has 1 aromatic carbocycles. The molecule has 3 aromatic rings. The van der Waals surface area contributed by atoms with E-state index in [2.05, 4.69) is 10.4 Å². The number of anilines is 1. The van der Waals surface area contributed by atoms with Gasteiger partial charge in [-0.3, -0.25) is 19.6 Å². The lowest BCUT2D eigenvalue weighted by Gasteiger charge is -2.07. The summed E-state index contributed by atoms with van der Waals surface area (Å²) < 4.78 is 3.29. The van der Waals surface area contributed by atoms with Crippen molar-refractivity contribution in [1.82, 2.24) is 14.3 Å². The van der Waals surface area contributed by atoms with E-state index in [4.69, 9.17) is 0 Å². The quantitative estimate of drug-likeness (QED) is 0.589. The minimum atomic E-state index is -0.566. The normalized spacial score (nSPS) is 11.0. The molecule has 0 bridgehead atoms. The number of hydrogen-bond donors (Lipinski definition) is 1. The Hall–Kier alpha value is -3.16. The van der Waals surface area contributed by atoms with E-state index in [9.17, 15) is 14.9 Å². The van der Waals surface area contributed by atoms with Gasteiger partial charge in [0.05, 0.1) is 4.92 Å². The second-order valence-electron chi connectivity index (χ2n) is 5.51. The van der Waals surface area contributed by atoms with Crippen LogP contribution in [0.1, 0.15) is 23.1 Å². The van der Waals surface area contributed by atoms with Crippen LogP contribution in [0.3, 0.4) is 0 Å². The molecule has 1 amide bonds. The van der Waals surface area contributed by atoms with Gasteiger partial charge >= 0.3 is 5.69 Å². The van der Waals surface area contributed by atoms with Crippen molar-refractivity contribution in [1.29, 1.82) is 0 Å². The Morgan fingerprint density at radius 3 is 2.79 bits per heavy atom. The number of aromatic nitrogens is 3. The van der Waals surface area contributed by atoms with Gasteiger partial charge in [-0.1, -0.05) is 6.07 Å². The molecule has 124 valence electrons. The second-order valence-corrected chi connectivity index (χ2v) is 5.51. The SMILES string of the molecule is CCn1nc(C)c([N+](=O)[O-])c1C(=O)Nc1ccc2ccn(C)c2c1. The third-order valence-electron chi connectivity index (χ3n) is 3.94. The first kappa shape index (κ1) is 15.7. The number of nitro groups is 1. The van der Waals surface area contributed by atoms with E-state index in [0.29, 0.717) is 12.2 Å². The molecule has 0 saturated heterocycles. The lowest BCUT2D eigenvalue weighted by molar-refractivity contribution is -0.385. The highest BCUT2D eigenvalue weighted by Gasteiger charge is 2.30. The van der Waals surface area contributed by atoms with Gasteiger partial charge in [-0.2, -0.15) is 5.10 Å². The molecule has 0 aliphatic heterocycles. The Labute approximate surface area is 137 Å². The van der Waals surface area contributed by atoms with E-state index in [1.807, 2.05) is 36.0 Å². The molecule has 3 rings (SSSR count). The summed E-state index contributed by atoms with van der Waals surface area (Å²) in [7, 11) is 1.91. The maximum atomic E-state index is 12.6. The van der Waals surface area contributed by atoms with E-state index >= 15 is 0 Å². The highest BCUT2D eigenvalue weighted by Crippen LogP contribution is 2.25. The predicted octanol–water partition coefficient (Wildman–Crippen LogP) is 2.86. The number of fused-ring (bicyclic) bond motifs is 1. The van der Waals surface area contributed by atoms with Crippen LogP contribution in [0.25, 0.3) is 10.9 Å². The topological polar surface area (TPSA) is 95.0 Å². The van der Waals surface area contributed by atoms with Crippen LogP contribution in [0.2, 0.25) is 0 Å². The third-order valence-corrected chi connectivity index (χ3v) is 3.94. The maximum absolute atomic E-state index is 12.6. The molecule has 0 atom stereocenters. The Morgan fingerprint density at radius 2 is 2.12 bits per heavy atom. The Kier molecular flexibility index (Phi) is 3.80. The minimum absolute atomic E-state index is 0.0352. The average molecular weight is 327 g/mol. The Bertz CT molecular complexity index is 954. The summed E-state index contributed by atoms with van der Waals surface area (Å²) in [5, 5.41) is 19.1. The summed E-state index contributed by atoms with van der Waals surface area (Å²) >= 11 is 0. The zero-order valence-corrected chi connectivity index (χ0v) is 13.6. The molecule has 1 N–H and O–H groups in total. The second kappa shape index (κ2) is 5.80. The van der Waals surface area contributed by atoms with Crippen LogP contribution in [-0.4, -0.2) is 25.2 Å². The monoisotopic (exact) mass is 327 g/mol. The summed E-state index contributed by atoms with van der Waals surface area (Å²) in [6.07, 6.45) is 1.93. The molecule has 0 aliphatic carbocycles. The molecule has 0 radical (unpaired) electrons. The van der Waals surface area contributed by atoms with Crippen molar-refractivity contribution in [2.24, 2.45) is 7.05 Å². The summed E-state index contributed by atoms with van der Waals surface area (Å²) in [6, 6.07) is 7.47. The highest BCUT2D eigenvalue weighted by molar-refractivity contribution is 6.06. The number of hydrogen-bond acceptors (Lipinski definition) is 4. The van der Waals surface area contributed by atoms with Crippen LogP contribution < -0.4 is 5.32 Å². The van der Waals surface area contributed by atoms with Crippen molar-refractivity contribution in [3.63, 3.8) is 0 Å². The molecular weight excluding hydrogens is 310 g/mol. The van der Waals surface area contributed by atoms with Crippen LogP contribution in [-0.2, 0) is 13.6 Å². The lowest BCUT2D eigenvalue weighted by atomic mass is 10.2. The molecule has 2 aromatic heterocycles. The van der Waals surface area contributed by atoms with Crippen molar-refractivity contribution >= 4 is 28.2 Å². The molecule has 0 aliphatic rings. The maximum Gasteiger partial charge on any atom is 0.322 e. The van der Waals surface area contributed by atoms with Gasteiger partial charge in [0, 0.05) is 31.0 Å². The first-order valence-corrected chi connectivity index (χ1v) is 7.50. The van der Waals surface area contributed by atoms with Gasteiger partial charge in [-0.05, 0) is 37.4 Å². The van der Waals surface area contributed by atoms with Crippen molar-refractivity contribution < 1.29 is 9.72 Å². The summed E-state index contributed by atoms with van der Waals surface area (Å²) in [5.74, 6) is -0.544. The number of rotatable bonds is 4. The van der Waals surface area contributed by atoms with Crippen LogP contribution in [0, 0.1) is 17.0 Å². The molecule has 0 spiro atoms. The van der Waals surface area contributed by atoms with Crippen LogP contribution >= 0.6 is 0 Å². The van der Waals surface area contributed by atoms with E-state index in [1.165, 1.54) is 11.6 Å². The number of carbonyl (C=O) groups excluding carboxylic acids is 1. The number of amides is 1. The van der Waals surface area contributed by atoms with Crippen LogP contribution in [0.5, 0.6) is 0 Å². The average Bonchev–Trinajstić information content (AvgIpc) is 3.07. The number of aryl methyl sites for hydroxylation is 3. The summed E-state index contributed by atoms with van der Waals surface area (Å²) in [6.45, 7) is 3.67. The highest BCUT2D eigenvalue weighted by atomic mass is 16.6. The molecule has 2 heterocycles. The number of benzene rings is 1. The fourth-order valence-electron chi connectivity index (χ4n) is 2.77. The van der Waals surface area contributed by atoms with Gasteiger partial charge in [0.1, 0.15) is 5.69 Å². The van der Waals surface area contributed by atoms with Gasteiger partial charge in [0.15, 0.2) is 0 Å². The molecule has 0 unspecified atom stereocenters. The summed E-state index contributed by atoms with van der Waals surface area (Å²) in [5.41, 5.74) is 1.47. The lowest BCUT2D eigenvalue weighted by Crippen LogP contribution is -2.18. The fraction of sp³-hybridized carbons (Fsp3) is 0.250. The molecule has 8 heteroatoms. The van der Waals surface area contributed by atoms with Crippen LogP contribution in [0.15, 0.2) is 30.5 Å². The molecule has 0 saturated carbocycles. The fourth-order valence-corrected chi connectivity index (χ4v) is 2.77. The zero-order chi connectivity index (χ0) is 17.4. The van der Waals surface area contributed by atoms with Gasteiger partial charge in [-0.25, -0.2) is 0 Å². The standard InChI is InChI=1S/C16H17N5O3/c1-4-20-15(14(21(23)24)10(2)18-20)16(22)17-12-6-5-11-7-8-19(3)13(11)9-12/h5-9H,4H2,1-3H3,(H,17,22). The molecule has 24 heavy (non-hydrogen) atoms. The summed E-state index contributed by atoms with van der Waals surface area (Å²) in [4.78, 5) is 23.3. The zero-order valence-electron chi connectivity index (χ0n) is 13.6. The van der Waals surface area contributed by atoms with E-state index in [1.54, 1.807) is 13.0 Å². The smallest absolute Gasteiger partial charge is 0.322 e. The Balaban J connectivity index is 1.99. The number of carbonyl (C=O) groups is 1. The van der Waals surface area contributed by atoms with Crippen LogP contribution in [0.4, 0.5) is 11.4 Å². The number of nitrogens with zero attached hydrogens (tertiary/aromatic N) is 4. The third kappa shape index (κ3) is 2.51. The first-order valence-electron chi connectivity index (χ1n) is 7.50. The van der Waals surface area contributed by atoms with Crippen molar-refractivity contribution in [2.45, 2.75) is 20.4 Å².